The largest absolute Gasteiger partial charge is 0.203 e. The summed E-state index contributed by atoms with van der Waals surface area (Å²) in [6.07, 6.45) is 4.18. The fraction of sp³-hybridized carbons (Fsp3) is 0.182. The molecular weight excluding hydrogens is 340 g/mol. The molecule has 134 valence electrons. The Balaban J connectivity index is 2.27. The van der Waals surface area contributed by atoms with Gasteiger partial charge in [0.2, 0.25) is 0 Å². The van der Waals surface area contributed by atoms with Gasteiger partial charge < -0.3 is 0 Å². The van der Waals surface area contributed by atoms with E-state index < -0.39 is 34.4 Å². The standard InChI is InChI=1S/C22H18F4/c1-4-13-7-5-8-14(11-13)17-19(23)21(25)18(22(26)20(17)24)16-10-6-9-15(16)12(2)3/h5-9,11H,2,4,10H2,1,3H3. The van der Waals surface area contributed by atoms with E-state index in [1.807, 2.05) is 6.92 Å². The minimum atomic E-state index is -1.38. The Kier molecular flexibility index (Phi) is 4.86. The van der Waals surface area contributed by atoms with Gasteiger partial charge in [0.05, 0.1) is 11.1 Å². The Morgan fingerprint density at radius 2 is 1.62 bits per heavy atom. The third-order valence-corrected chi connectivity index (χ3v) is 4.58. The lowest BCUT2D eigenvalue weighted by molar-refractivity contribution is 0.454. The lowest BCUT2D eigenvalue weighted by Gasteiger charge is -2.15. The number of hydrogen-bond donors (Lipinski definition) is 0. The summed E-state index contributed by atoms with van der Waals surface area (Å²) in [4.78, 5) is 0. The summed E-state index contributed by atoms with van der Waals surface area (Å²) >= 11 is 0. The summed E-state index contributed by atoms with van der Waals surface area (Å²) < 4.78 is 59.1. The predicted octanol–water partition coefficient (Wildman–Crippen LogP) is 6.76. The highest BCUT2D eigenvalue weighted by atomic mass is 19.2. The van der Waals surface area contributed by atoms with Gasteiger partial charge in [-0.25, -0.2) is 17.6 Å². The van der Waals surface area contributed by atoms with Gasteiger partial charge in [-0.05, 0) is 42.0 Å². The van der Waals surface area contributed by atoms with Crippen molar-refractivity contribution in [1.82, 2.24) is 0 Å². The van der Waals surface area contributed by atoms with Crippen LogP contribution in [0.1, 0.15) is 31.4 Å². The zero-order chi connectivity index (χ0) is 19.0. The molecule has 4 heteroatoms. The first-order valence-electron chi connectivity index (χ1n) is 8.38. The second-order valence-corrected chi connectivity index (χ2v) is 6.34. The van der Waals surface area contributed by atoms with Gasteiger partial charge in [-0.3, -0.25) is 0 Å². The summed E-state index contributed by atoms with van der Waals surface area (Å²) in [5.41, 5.74) is 0.885. The molecule has 0 fully saturated rings. The maximum atomic E-state index is 14.8. The third-order valence-electron chi connectivity index (χ3n) is 4.58. The molecule has 0 atom stereocenters. The molecule has 0 spiro atoms. The lowest BCUT2D eigenvalue weighted by atomic mass is 9.93. The Morgan fingerprint density at radius 3 is 2.19 bits per heavy atom. The average Bonchev–Trinajstić information content (AvgIpc) is 3.10. The zero-order valence-corrected chi connectivity index (χ0v) is 14.6. The molecule has 0 amide bonds. The molecule has 2 aromatic carbocycles. The van der Waals surface area contributed by atoms with Crippen LogP contribution in [0.4, 0.5) is 17.6 Å². The molecule has 0 aromatic heterocycles. The molecule has 1 aliphatic rings. The van der Waals surface area contributed by atoms with E-state index in [1.165, 1.54) is 12.1 Å². The molecule has 0 saturated heterocycles. The summed E-state index contributed by atoms with van der Waals surface area (Å²) in [7, 11) is 0. The van der Waals surface area contributed by atoms with Crippen LogP contribution < -0.4 is 0 Å². The molecule has 0 heterocycles. The van der Waals surface area contributed by atoms with E-state index >= 15 is 0 Å². The highest BCUT2D eigenvalue weighted by Crippen LogP contribution is 2.40. The number of benzene rings is 2. The highest BCUT2D eigenvalue weighted by molar-refractivity contribution is 5.81. The van der Waals surface area contributed by atoms with Crippen LogP contribution in [0.25, 0.3) is 16.7 Å². The number of aryl methyl sites for hydroxylation is 1. The Labute approximate surface area is 150 Å². The summed E-state index contributed by atoms with van der Waals surface area (Å²) in [6, 6.07) is 6.37. The fourth-order valence-electron chi connectivity index (χ4n) is 3.24. The van der Waals surface area contributed by atoms with Crippen molar-refractivity contribution in [2.45, 2.75) is 26.7 Å². The molecule has 0 unspecified atom stereocenters. The van der Waals surface area contributed by atoms with Gasteiger partial charge in [0.15, 0.2) is 23.3 Å². The molecule has 0 radical (unpaired) electrons. The van der Waals surface area contributed by atoms with Crippen molar-refractivity contribution in [2.24, 2.45) is 0 Å². The maximum absolute atomic E-state index is 14.8. The summed E-state index contributed by atoms with van der Waals surface area (Å²) in [6.45, 7) is 7.32. The van der Waals surface area contributed by atoms with E-state index in [4.69, 9.17) is 0 Å². The van der Waals surface area contributed by atoms with Crippen LogP contribution in [0.15, 0.2) is 54.1 Å². The van der Waals surface area contributed by atoms with Gasteiger partial charge in [0, 0.05) is 0 Å². The monoisotopic (exact) mass is 358 g/mol. The highest BCUT2D eigenvalue weighted by Gasteiger charge is 2.29. The first kappa shape index (κ1) is 18.2. The van der Waals surface area contributed by atoms with E-state index in [0.29, 0.717) is 17.6 Å². The average molecular weight is 358 g/mol. The SMILES string of the molecule is C=C(C)C1=C(c2c(F)c(F)c(-c3cccc(CC)c3)c(F)c2F)CC=C1. The second kappa shape index (κ2) is 6.94. The molecule has 0 nitrogen and oxygen atoms in total. The van der Waals surface area contributed by atoms with Crippen LogP contribution in [0, 0.1) is 23.3 Å². The van der Waals surface area contributed by atoms with Crippen LogP contribution in [0.2, 0.25) is 0 Å². The van der Waals surface area contributed by atoms with E-state index in [9.17, 15) is 17.6 Å². The second-order valence-electron chi connectivity index (χ2n) is 6.34. The smallest absolute Gasteiger partial charge is 0.170 e. The lowest BCUT2D eigenvalue weighted by Crippen LogP contribution is -2.06. The van der Waals surface area contributed by atoms with Gasteiger partial charge >= 0.3 is 0 Å². The number of hydrogen-bond acceptors (Lipinski definition) is 0. The Morgan fingerprint density at radius 1 is 1.00 bits per heavy atom. The molecule has 0 saturated carbocycles. The molecular formula is C22H18F4. The Hall–Kier alpha value is -2.62. The third kappa shape index (κ3) is 2.90. The van der Waals surface area contributed by atoms with Gasteiger partial charge in [-0.2, -0.15) is 0 Å². The van der Waals surface area contributed by atoms with Crippen LogP contribution in [-0.4, -0.2) is 0 Å². The normalized spacial score (nSPS) is 13.6. The Bertz CT molecular complexity index is 935. The topological polar surface area (TPSA) is 0 Å². The zero-order valence-electron chi connectivity index (χ0n) is 14.6. The van der Waals surface area contributed by atoms with Gasteiger partial charge in [0.25, 0.3) is 0 Å². The van der Waals surface area contributed by atoms with Crippen molar-refractivity contribution in [3.63, 3.8) is 0 Å². The van der Waals surface area contributed by atoms with Gasteiger partial charge in [-0.1, -0.05) is 55.5 Å². The molecule has 0 N–H and O–H groups in total. The van der Waals surface area contributed by atoms with Crippen LogP contribution in [0.3, 0.4) is 0 Å². The van der Waals surface area contributed by atoms with Crippen molar-refractivity contribution in [3.8, 4) is 11.1 Å². The minimum absolute atomic E-state index is 0.113. The number of allylic oxidation sites excluding steroid dienone is 5. The van der Waals surface area contributed by atoms with E-state index in [0.717, 1.165) is 5.56 Å². The van der Waals surface area contributed by atoms with Crippen molar-refractivity contribution in [3.05, 3.63) is 88.5 Å². The molecule has 0 aliphatic heterocycles. The van der Waals surface area contributed by atoms with Crippen molar-refractivity contribution in [1.29, 1.82) is 0 Å². The van der Waals surface area contributed by atoms with E-state index in [2.05, 4.69) is 6.58 Å². The van der Waals surface area contributed by atoms with Crippen LogP contribution >= 0.6 is 0 Å². The quantitative estimate of drug-likeness (QED) is 0.418. The van der Waals surface area contributed by atoms with Crippen molar-refractivity contribution >= 4 is 5.57 Å². The molecule has 2 aromatic rings. The van der Waals surface area contributed by atoms with E-state index in [1.54, 1.807) is 31.2 Å². The molecule has 1 aliphatic carbocycles. The summed E-state index contributed by atoms with van der Waals surface area (Å²) in [5, 5.41) is 0. The first-order valence-corrected chi connectivity index (χ1v) is 8.38. The maximum Gasteiger partial charge on any atom is 0.170 e. The fourth-order valence-corrected chi connectivity index (χ4v) is 3.24. The van der Waals surface area contributed by atoms with Gasteiger partial charge in [-0.15, -0.1) is 0 Å². The number of rotatable bonds is 4. The van der Waals surface area contributed by atoms with Crippen molar-refractivity contribution in [2.75, 3.05) is 0 Å². The van der Waals surface area contributed by atoms with Crippen molar-refractivity contribution < 1.29 is 17.6 Å². The molecule has 0 bridgehead atoms. The summed E-state index contributed by atoms with van der Waals surface area (Å²) in [5.74, 6) is -5.52. The number of halogens is 4. The van der Waals surface area contributed by atoms with Crippen LogP contribution in [0.5, 0.6) is 0 Å². The van der Waals surface area contributed by atoms with E-state index in [-0.39, 0.29) is 17.6 Å². The minimum Gasteiger partial charge on any atom is -0.203 e. The van der Waals surface area contributed by atoms with Gasteiger partial charge in [0.1, 0.15) is 0 Å². The predicted molar refractivity (Wildman–Crippen MR) is 96.6 cm³/mol. The molecule has 26 heavy (non-hydrogen) atoms. The first-order chi connectivity index (χ1) is 12.4. The van der Waals surface area contributed by atoms with Crippen LogP contribution in [-0.2, 0) is 6.42 Å². The molecule has 3 rings (SSSR count).